The maximum Gasteiger partial charge on any atom is 0.255 e. The molecule has 0 aliphatic carbocycles. The lowest BCUT2D eigenvalue weighted by atomic mass is 10.0. The highest BCUT2D eigenvalue weighted by atomic mass is 16.5. The Kier molecular flexibility index (Phi) is 5.68. The van der Waals surface area contributed by atoms with Crippen molar-refractivity contribution in [2.45, 2.75) is 26.4 Å². The summed E-state index contributed by atoms with van der Waals surface area (Å²) in [6.07, 6.45) is 0.889. The molecule has 26 heavy (non-hydrogen) atoms. The summed E-state index contributed by atoms with van der Waals surface area (Å²) in [6.45, 7) is 4.03. The number of benzene rings is 1. The van der Waals surface area contributed by atoms with Gasteiger partial charge < -0.3 is 15.0 Å². The Hall–Kier alpha value is -2.67. The molecule has 7 heteroatoms. The van der Waals surface area contributed by atoms with E-state index in [1.807, 2.05) is 12.1 Å². The van der Waals surface area contributed by atoms with E-state index in [1.165, 1.54) is 21.8 Å². The molecule has 0 atom stereocenters. The fourth-order valence-electron chi connectivity index (χ4n) is 3.15. The summed E-state index contributed by atoms with van der Waals surface area (Å²) >= 11 is 0. The van der Waals surface area contributed by atoms with Crippen LogP contribution in [-0.4, -0.2) is 42.3 Å². The van der Waals surface area contributed by atoms with E-state index in [4.69, 9.17) is 4.74 Å². The van der Waals surface area contributed by atoms with E-state index in [0.29, 0.717) is 31.3 Å². The van der Waals surface area contributed by atoms with Gasteiger partial charge in [0.15, 0.2) is 0 Å². The van der Waals surface area contributed by atoms with Gasteiger partial charge in [0.05, 0.1) is 6.61 Å². The molecule has 0 radical (unpaired) electrons. The lowest BCUT2D eigenvalue weighted by Crippen LogP contribution is -2.40. The van der Waals surface area contributed by atoms with Gasteiger partial charge in [-0.15, -0.1) is 0 Å². The number of amides is 1. The molecular weight excluding hydrogens is 332 g/mol. The van der Waals surface area contributed by atoms with Crippen LogP contribution in [0.5, 0.6) is 0 Å². The van der Waals surface area contributed by atoms with Gasteiger partial charge in [-0.25, -0.2) is 4.98 Å². The molecule has 0 fully saturated rings. The maximum atomic E-state index is 12.5. The van der Waals surface area contributed by atoms with Gasteiger partial charge in [0.25, 0.3) is 5.56 Å². The number of methoxy groups -OCH3 is 1. The maximum absolute atomic E-state index is 12.5. The standard InChI is InChI=1S/C19H24N4O3/c1-14-11-18(25)23(13-17(24)20-8-10-26-2)19(21-14)22-9-7-15-5-3-4-6-16(15)12-22/h3-6,11H,7-10,12-13H2,1-2H3,(H,20,24). The first-order valence-corrected chi connectivity index (χ1v) is 8.74. The van der Waals surface area contributed by atoms with Crippen LogP contribution < -0.4 is 15.8 Å². The lowest BCUT2D eigenvalue weighted by molar-refractivity contribution is -0.121. The van der Waals surface area contributed by atoms with E-state index >= 15 is 0 Å². The van der Waals surface area contributed by atoms with Crippen molar-refractivity contribution in [2.75, 3.05) is 31.7 Å². The van der Waals surface area contributed by atoms with Gasteiger partial charge in [0.2, 0.25) is 11.9 Å². The number of nitrogens with one attached hydrogen (secondary N) is 1. The highest BCUT2D eigenvalue weighted by Crippen LogP contribution is 2.22. The average molecular weight is 356 g/mol. The Bertz CT molecular complexity index is 847. The second-order valence-electron chi connectivity index (χ2n) is 6.40. The first-order chi connectivity index (χ1) is 12.6. The number of ether oxygens (including phenoxy) is 1. The predicted octanol–water partition coefficient (Wildman–Crippen LogP) is 0.877. The topological polar surface area (TPSA) is 76.5 Å². The van der Waals surface area contributed by atoms with E-state index in [0.717, 1.165) is 13.0 Å². The molecular formula is C19H24N4O3. The highest BCUT2D eigenvalue weighted by Gasteiger charge is 2.21. The summed E-state index contributed by atoms with van der Waals surface area (Å²) in [5.74, 6) is 0.319. The molecule has 1 aromatic heterocycles. The summed E-state index contributed by atoms with van der Waals surface area (Å²) in [4.78, 5) is 31.3. The van der Waals surface area contributed by atoms with Crippen molar-refractivity contribution < 1.29 is 9.53 Å². The van der Waals surface area contributed by atoms with Gasteiger partial charge in [-0.1, -0.05) is 24.3 Å². The van der Waals surface area contributed by atoms with Gasteiger partial charge in [-0.3, -0.25) is 14.2 Å². The zero-order chi connectivity index (χ0) is 18.5. The molecule has 0 saturated carbocycles. The molecule has 0 unspecified atom stereocenters. The molecule has 0 saturated heterocycles. The summed E-state index contributed by atoms with van der Waals surface area (Å²) in [7, 11) is 1.58. The Morgan fingerprint density at radius 2 is 2.08 bits per heavy atom. The van der Waals surface area contributed by atoms with E-state index in [1.54, 1.807) is 14.0 Å². The van der Waals surface area contributed by atoms with E-state index in [9.17, 15) is 9.59 Å². The van der Waals surface area contributed by atoms with Crippen molar-refractivity contribution in [2.24, 2.45) is 0 Å². The largest absolute Gasteiger partial charge is 0.383 e. The average Bonchev–Trinajstić information content (AvgIpc) is 2.63. The molecule has 0 spiro atoms. The number of carbonyl (C=O) groups is 1. The number of carbonyl (C=O) groups excluding carboxylic acids is 1. The van der Waals surface area contributed by atoms with Gasteiger partial charge in [-0.2, -0.15) is 0 Å². The van der Waals surface area contributed by atoms with Crippen LogP contribution in [0.2, 0.25) is 0 Å². The molecule has 7 nitrogen and oxygen atoms in total. The number of anilines is 1. The fraction of sp³-hybridized carbons (Fsp3) is 0.421. The van der Waals surface area contributed by atoms with E-state index in [2.05, 4.69) is 27.3 Å². The Labute approximate surface area is 152 Å². The number of fused-ring (bicyclic) bond motifs is 1. The third-order valence-corrected chi connectivity index (χ3v) is 4.46. The molecule has 2 aromatic rings. The van der Waals surface area contributed by atoms with Crippen LogP contribution in [0.4, 0.5) is 5.95 Å². The Morgan fingerprint density at radius 1 is 1.31 bits per heavy atom. The number of rotatable bonds is 6. The third-order valence-electron chi connectivity index (χ3n) is 4.46. The number of nitrogens with zero attached hydrogens (tertiary/aromatic N) is 3. The van der Waals surface area contributed by atoms with Crippen LogP contribution in [0.25, 0.3) is 0 Å². The highest BCUT2D eigenvalue weighted by molar-refractivity contribution is 5.76. The molecule has 1 aliphatic heterocycles. The summed E-state index contributed by atoms with van der Waals surface area (Å²) < 4.78 is 6.38. The van der Waals surface area contributed by atoms with Crippen LogP contribution in [0, 0.1) is 6.92 Å². The Balaban J connectivity index is 1.85. The van der Waals surface area contributed by atoms with Crippen molar-refractivity contribution in [1.29, 1.82) is 0 Å². The zero-order valence-corrected chi connectivity index (χ0v) is 15.2. The fourth-order valence-corrected chi connectivity index (χ4v) is 3.15. The summed E-state index contributed by atoms with van der Waals surface area (Å²) in [5, 5.41) is 2.75. The normalized spacial score (nSPS) is 13.4. The van der Waals surface area contributed by atoms with Crippen LogP contribution in [0.15, 0.2) is 35.1 Å². The second-order valence-corrected chi connectivity index (χ2v) is 6.40. The van der Waals surface area contributed by atoms with Gasteiger partial charge >= 0.3 is 0 Å². The molecule has 3 rings (SSSR count). The first-order valence-electron chi connectivity index (χ1n) is 8.74. The minimum Gasteiger partial charge on any atom is -0.383 e. The monoisotopic (exact) mass is 356 g/mol. The quantitative estimate of drug-likeness (QED) is 0.778. The second kappa shape index (κ2) is 8.14. The van der Waals surface area contributed by atoms with Gasteiger partial charge in [0, 0.05) is 38.5 Å². The van der Waals surface area contributed by atoms with Gasteiger partial charge in [0.1, 0.15) is 6.54 Å². The number of aryl methyl sites for hydroxylation is 1. The van der Waals surface area contributed by atoms with Gasteiger partial charge in [-0.05, 0) is 24.5 Å². The van der Waals surface area contributed by atoms with E-state index < -0.39 is 0 Å². The number of hydrogen-bond donors (Lipinski definition) is 1. The summed E-state index contributed by atoms with van der Waals surface area (Å²) in [5.41, 5.74) is 2.99. The predicted molar refractivity (Wildman–Crippen MR) is 99.3 cm³/mol. The molecule has 2 heterocycles. The number of hydrogen-bond acceptors (Lipinski definition) is 5. The van der Waals surface area contributed by atoms with Crippen LogP contribution in [-0.2, 0) is 29.0 Å². The molecule has 1 aromatic carbocycles. The Morgan fingerprint density at radius 3 is 2.85 bits per heavy atom. The van der Waals surface area contributed by atoms with Crippen molar-refractivity contribution in [3.05, 3.63) is 57.5 Å². The first kappa shape index (κ1) is 18.1. The van der Waals surface area contributed by atoms with Crippen molar-refractivity contribution in [3.63, 3.8) is 0 Å². The molecule has 1 amide bonds. The minimum absolute atomic E-state index is 0.0523. The third kappa shape index (κ3) is 4.11. The SMILES string of the molecule is COCCNC(=O)Cn1c(N2CCc3ccccc3C2)nc(C)cc1=O. The van der Waals surface area contributed by atoms with Crippen LogP contribution >= 0.6 is 0 Å². The van der Waals surface area contributed by atoms with Crippen LogP contribution in [0.3, 0.4) is 0 Å². The minimum atomic E-state index is -0.228. The number of aromatic nitrogens is 2. The molecule has 1 aliphatic rings. The van der Waals surface area contributed by atoms with Crippen molar-refractivity contribution in [3.8, 4) is 0 Å². The summed E-state index contributed by atoms with van der Waals surface area (Å²) in [6, 6.07) is 9.75. The van der Waals surface area contributed by atoms with Crippen LogP contribution in [0.1, 0.15) is 16.8 Å². The van der Waals surface area contributed by atoms with Crippen molar-refractivity contribution >= 4 is 11.9 Å². The van der Waals surface area contributed by atoms with E-state index in [-0.39, 0.29) is 18.0 Å². The smallest absolute Gasteiger partial charge is 0.255 e. The van der Waals surface area contributed by atoms with Crippen molar-refractivity contribution in [1.82, 2.24) is 14.9 Å². The lowest BCUT2D eigenvalue weighted by Gasteiger charge is -2.31. The molecule has 1 N–H and O–H groups in total. The zero-order valence-electron chi connectivity index (χ0n) is 15.2. The molecule has 138 valence electrons. The molecule has 0 bridgehead atoms.